The third-order valence-electron chi connectivity index (χ3n) is 4.02. The maximum absolute atomic E-state index is 12.4. The number of anilines is 1. The first-order chi connectivity index (χ1) is 14.5. The normalized spacial score (nSPS) is 10.9. The monoisotopic (exact) mass is 732 g/mol. The maximum Gasteiger partial charge on any atom is 0.266 e. The van der Waals surface area contributed by atoms with Crippen molar-refractivity contribution in [1.82, 2.24) is 0 Å². The molecule has 0 heterocycles. The van der Waals surface area contributed by atoms with Crippen LogP contribution >= 0.6 is 67.8 Å². The van der Waals surface area contributed by atoms with Crippen LogP contribution in [-0.4, -0.2) is 5.91 Å². The van der Waals surface area contributed by atoms with Crippen molar-refractivity contribution < 1.29 is 9.53 Å². The van der Waals surface area contributed by atoms with Crippen molar-refractivity contribution in [3.63, 3.8) is 0 Å². The average molecular weight is 732 g/mol. The topological polar surface area (TPSA) is 62.1 Å². The van der Waals surface area contributed by atoms with Crippen LogP contribution < -0.4 is 10.1 Å². The Bertz CT molecular complexity index is 1100. The van der Waals surface area contributed by atoms with E-state index < -0.39 is 5.91 Å². The van der Waals surface area contributed by atoms with E-state index in [9.17, 15) is 10.1 Å². The Hall–Kier alpha value is -1.65. The lowest BCUT2D eigenvalue weighted by Gasteiger charge is -2.12. The maximum atomic E-state index is 12.4. The van der Waals surface area contributed by atoms with Gasteiger partial charge in [-0.1, -0.05) is 30.3 Å². The van der Waals surface area contributed by atoms with Gasteiger partial charge in [-0.15, -0.1) is 0 Å². The van der Waals surface area contributed by atoms with E-state index in [1.807, 2.05) is 60.7 Å². The number of halogens is 3. The SMILES string of the molecule is N#CC(=Cc1cc(I)c(OCc2ccc(I)cc2)c(I)c1)C(=O)Nc1ccccc1. The zero-order valence-electron chi connectivity index (χ0n) is 15.5. The Morgan fingerprint density at radius 1 is 1.00 bits per heavy atom. The molecular weight excluding hydrogens is 717 g/mol. The molecule has 30 heavy (non-hydrogen) atoms. The summed E-state index contributed by atoms with van der Waals surface area (Å²) in [6.07, 6.45) is 1.59. The quantitative estimate of drug-likeness (QED) is 0.176. The van der Waals surface area contributed by atoms with Gasteiger partial charge < -0.3 is 10.1 Å². The molecule has 0 spiro atoms. The second-order valence-electron chi connectivity index (χ2n) is 6.22. The highest BCUT2D eigenvalue weighted by Crippen LogP contribution is 2.30. The van der Waals surface area contributed by atoms with Gasteiger partial charge in [-0.2, -0.15) is 5.26 Å². The zero-order valence-corrected chi connectivity index (χ0v) is 22.0. The third-order valence-corrected chi connectivity index (χ3v) is 6.35. The molecule has 3 aromatic rings. The Morgan fingerprint density at radius 2 is 1.63 bits per heavy atom. The number of rotatable bonds is 6. The van der Waals surface area contributed by atoms with E-state index in [4.69, 9.17) is 4.74 Å². The summed E-state index contributed by atoms with van der Waals surface area (Å²) >= 11 is 6.70. The predicted octanol–water partition coefficient (Wildman–Crippen LogP) is 6.63. The Morgan fingerprint density at radius 3 is 2.23 bits per heavy atom. The zero-order chi connectivity index (χ0) is 21.5. The van der Waals surface area contributed by atoms with Gasteiger partial charge in [-0.05, 0) is 121 Å². The minimum atomic E-state index is -0.437. The van der Waals surface area contributed by atoms with E-state index in [0.29, 0.717) is 12.3 Å². The van der Waals surface area contributed by atoms with Crippen LogP contribution in [0.3, 0.4) is 0 Å². The van der Waals surface area contributed by atoms with Crippen molar-refractivity contribution in [2.75, 3.05) is 5.32 Å². The van der Waals surface area contributed by atoms with Crippen LogP contribution in [0.5, 0.6) is 5.75 Å². The molecular formula is C23H15I3N2O2. The molecule has 0 aliphatic heterocycles. The first kappa shape index (κ1) is 23.0. The summed E-state index contributed by atoms with van der Waals surface area (Å²) in [5.41, 5.74) is 2.55. The van der Waals surface area contributed by atoms with Crippen LogP contribution in [0.4, 0.5) is 5.69 Å². The fourth-order valence-electron chi connectivity index (χ4n) is 2.57. The van der Waals surface area contributed by atoms with Gasteiger partial charge in [0, 0.05) is 9.26 Å². The summed E-state index contributed by atoms with van der Waals surface area (Å²) in [6.45, 7) is 0.473. The van der Waals surface area contributed by atoms with Gasteiger partial charge in [0.1, 0.15) is 24.0 Å². The molecule has 0 bridgehead atoms. The second kappa shape index (κ2) is 11.1. The van der Waals surface area contributed by atoms with Crippen molar-refractivity contribution in [2.45, 2.75) is 6.61 Å². The van der Waals surface area contributed by atoms with Gasteiger partial charge in [0.15, 0.2) is 0 Å². The molecule has 0 radical (unpaired) electrons. The molecule has 150 valence electrons. The Labute approximate surface area is 216 Å². The summed E-state index contributed by atoms with van der Waals surface area (Å²) in [5, 5.41) is 12.2. The van der Waals surface area contributed by atoms with E-state index in [-0.39, 0.29) is 5.57 Å². The fraction of sp³-hybridized carbons (Fsp3) is 0.0435. The van der Waals surface area contributed by atoms with E-state index in [2.05, 4.69) is 73.1 Å². The standard InChI is InChI=1S/C23H15I3N2O2/c24-18-8-6-15(7-9-18)14-30-22-20(25)11-16(12-21(22)26)10-17(13-27)23(29)28-19-4-2-1-3-5-19/h1-12H,14H2,(H,28,29). The average Bonchev–Trinajstić information content (AvgIpc) is 2.73. The number of nitrogens with one attached hydrogen (secondary N) is 1. The molecule has 0 unspecified atom stereocenters. The highest BCUT2D eigenvalue weighted by molar-refractivity contribution is 14.1. The number of hydrogen-bond donors (Lipinski definition) is 1. The van der Waals surface area contributed by atoms with E-state index in [1.165, 1.54) is 3.57 Å². The molecule has 3 aromatic carbocycles. The summed E-state index contributed by atoms with van der Waals surface area (Å²) < 4.78 is 9.03. The summed E-state index contributed by atoms with van der Waals surface area (Å²) in [4.78, 5) is 12.4. The second-order valence-corrected chi connectivity index (χ2v) is 9.79. The molecule has 0 saturated carbocycles. The number of para-hydroxylation sites is 1. The van der Waals surface area contributed by atoms with E-state index in [1.54, 1.807) is 18.2 Å². The molecule has 3 rings (SSSR count). The van der Waals surface area contributed by atoms with Gasteiger partial charge >= 0.3 is 0 Å². The van der Waals surface area contributed by atoms with Gasteiger partial charge in [0.05, 0.1) is 7.14 Å². The van der Waals surface area contributed by atoms with Crippen LogP contribution in [0.1, 0.15) is 11.1 Å². The molecule has 0 saturated heterocycles. The molecule has 0 aromatic heterocycles. The Kier molecular flexibility index (Phi) is 8.52. The number of carbonyl (C=O) groups excluding carboxylic acids is 1. The van der Waals surface area contributed by atoms with Crippen molar-refractivity contribution in [3.8, 4) is 11.8 Å². The lowest BCUT2D eigenvalue weighted by molar-refractivity contribution is -0.112. The highest BCUT2D eigenvalue weighted by atomic mass is 127. The van der Waals surface area contributed by atoms with Crippen molar-refractivity contribution >= 4 is 85.4 Å². The van der Waals surface area contributed by atoms with Crippen LogP contribution in [-0.2, 0) is 11.4 Å². The third kappa shape index (κ3) is 6.42. The first-order valence-corrected chi connectivity index (χ1v) is 12.0. The summed E-state index contributed by atoms with van der Waals surface area (Å²) in [5.74, 6) is 0.354. The van der Waals surface area contributed by atoms with Crippen LogP contribution in [0.2, 0.25) is 0 Å². The fourth-order valence-corrected chi connectivity index (χ4v) is 5.06. The molecule has 7 heteroatoms. The minimum Gasteiger partial charge on any atom is -0.487 e. The number of nitrogens with zero attached hydrogens (tertiary/aromatic N) is 1. The summed E-state index contributed by atoms with van der Waals surface area (Å²) in [6, 6.07) is 23.0. The number of carbonyl (C=O) groups is 1. The van der Waals surface area contributed by atoms with Gasteiger partial charge in [0.2, 0.25) is 0 Å². The molecule has 4 nitrogen and oxygen atoms in total. The van der Waals surface area contributed by atoms with E-state index in [0.717, 1.165) is 24.0 Å². The number of amides is 1. The van der Waals surface area contributed by atoms with Crippen LogP contribution in [0.15, 0.2) is 72.3 Å². The number of benzene rings is 3. The van der Waals surface area contributed by atoms with Crippen LogP contribution in [0, 0.1) is 22.0 Å². The van der Waals surface area contributed by atoms with Crippen LogP contribution in [0.25, 0.3) is 6.08 Å². The number of ether oxygens (including phenoxy) is 1. The van der Waals surface area contributed by atoms with Gasteiger partial charge in [-0.3, -0.25) is 4.79 Å². The molecule has 1 amide bonds. The lowest BCUT2D eigenvalue weighted by Crippen LogP contribution is -2.13. The Balaban J connectivity index is 1.76. The van der Waals surface area contributed by atoms with Crippen molar-refractivity contribution in [3.05, 3.63) is 94.1 Å². The first-order valence-electron chi connectivity index (χ1n) is 8.81. The van der Waals surface area contributed by atoms with Gasteiger partial charge in [-0.25, -0.2) is 0 Å². The van der Waals surface area contributed by atoms with Crippen molar-refractivity contribution in [1.29, 1.82) is 5.26 Å². The minimum absolute atomic E-state index is 0.0398. The highest BCUT2D eigenvalue weighted by Gasteiger charge is 2.13. The summed E-state index contributed by atoms with van der Waals surface area (Å²) in [7, 11) is 0. The number of hydrogen-bond acceptors (Lipinski definition) is 3. The van der Waals surface area contributed by atoms with E-state index >= 15 is 0 Å². The number of nitriles is 1. The molecule has 0 aliphatic rings. The lowest BCUT2D eigenvalue weighted by atomic mass is 10.1. The van der Waals surface area contributed by atoms with Gasteiger partial charge in [0.25, 0.3) is 5.91 Å². The molecule has 0 aliphatic carbocycles. The smallest absolute Gasteiger partial charge is 0.266 e. The predicted molar refractivity (Wildman–Crippen MR) is 144 cm³/mol. The van der Waals surface area contributed by atoms with Crippen molar-refractivity contribution in [2.24, 2.45) is 0 Å². The molecule has 0 atom stereocenters. The largest absolute Gasteiger partial charge is 0.487 e. The molecule has 1 N–H and O–H groups in total. The molecule has 0 fully saturated rings.